The highest BCUT2D eigenvalue weighted by Crippen LogP contribution is 2.24. The Balaban J connectivity index is 1.57. The van der Waals surface area contributed by atoms with Crippen molar-refractivity contribution in [3.8, 4) is 0 Å². The zero-order valence-electron chi connectivity index (χ0n) is 14.0. The number of carbonyl (C=O) groups excluding carboxylic acids is 1. The third kappa shape index (κ3) is 3.46. The molecular weight excluding hydrogens is 328 g/mol. The Bertz CT molecular complexity index is 993. The summed E-state index contributed by atoms with van der Waals surface area (Å²) < 4.78 is 1.65. The average Bonchev–Trinajstić information content (AvgIpc) is 3.36. The molecule has 0 bridgehead atoms. The second-order valence-electron chi connectivity index (χ2n) is 6.00. The molecule has 0 unspecified atom stereocenters. The van der Waals surface area contributed by atoms with E-state index >= 15 is 0 Å². The van der Waals surface area contributed by atoms with Crippen LogP contribution < -0.4 is 5.32 Å². The Morgan fingerprint density at radius 2 is 2.04 bits per heavy atom. The number of aryl methyl sites for hydroxylation is 1. The van der Waals surface area contributed by atoms with Gasteiger partial charge in [0.05, 0.1) is 29.9 Å². The molecule has 7 heteroatoms. The Morgan fingerprint density at radius 1 is 1.15 bits per heavy atom. The molecule has 0 saturated carbocycles. The van der Waals surface area contributed by atoms with Crippen molar-refractivity contribution in [3.05, 3.63) is 78.6 Å². The van der Waals surface area contributed by atoms with E-state index in [-0.39, 0.29) is 11.9 Å². The van der Waals surface area contributed by atoms with Gasteiger partial charge in [-0.2, -0.15) is 5.10 Å². The molecule has 0 fully saturated rings. The van der Waals surface area contributed by atoms with E-state index in [1.807, 2.05) is 48.5 Å². The van der Waals surface area contributed by atoms with E-state index in [1.54, 1.807) is 17.3 Å². The van der Waals surface area contributed by atoms with Gasteiger partial charge in [0.1, 0.15) is 12.7 Å². The monoisotopic (exact) mass is 346 g/mol. The number of fused-ring (bicyclic) bond motifs is 1. The number of aromatic amines is 1. The van der Waals surface area contributed by atoms with Gasteiger partial charge < -0.3 is 10.3 Å². The van der Waals surface area contributed by atoms with Crippen LogP contribution in [0.3, 0.4) is 0 Å². The molecule has 0 radical (unpaired) electrons. The summed E-state index contributed by atoms with van der Waals surface area (Å²) in [4.78, 5) is 23.8. The highest BCUT2D eigenvalue weighted by atomic mass is 16.1. The molecule has 2 aromatic carbocycles. The topological polar surface area (TPSA) is 88.5 Å². The van der Waals surface area contributed by atoms with Crippen LogP contribution in [0.1, 0.15) is 23.6 Å². The largest absolute Gasteiger partial charge is 0.345 e. The Hall–Kier alpha value is -3.48. The molecule has 130 valence electrons. The average molecular weight is 346 g/mol. The quantitative estimate of drug-likeness (QED) is 0.561. The predicted molar refractivity (Wildman–Crippen MR) is 97.2 cm³/mol. The normalized spacial score (nSPS) is 12.2. The van der Waals surface area contributed by atoms with Crippen LogP contribution in [0.15, 0.2) is 67.5 Å². The molecule has 4 aromatic rings. The van der Waals surface area contributed by atoms with E-state index in [0.717, 1.165) is 22.2 Å². The third-order valence-electron chi connectivity index (χ3n) is 4.25. The maximum absolute atomic E-state index is 12.5. The van der Waals surface area contributed by atoms with Crippen LogP contribution in [-0.4, -0.2) is 30.6 Å². The van der Waals surface area contributed by atoms with Crippen LogP contribution in [0.2, 0.25) is 0 Å². The summed E-state index contributed by atoms with van der Waals surface area (Å²) in [6, 6.07) is 15.7. The van der Waals surface area contributed by atoms with Crippen molar-refractivity contribution in [1.29, 1.82) is 0 Å². The zero-order valence-corrected chi connectivity index (χ0v) is 14.0. The molecule has 0 aliphatic carbocycles. The lowest BCUT2D eigenvalue weighted by atomic mass is 9.98. The van der Waals surface area contributed by atoms with Crippen LogP contribution in [0.25, 0.3) is 11.0 Å². The fourth-order valence-electron chi connectivity index (χ4n) is 2.93. The van der Waals surface area contributed by atoms with Crippen LogP contribution >= 0.6 is 0 Å². The van der Waals surface area contributed by atoms with E-state index < -0.39 is 0 Å². The van der Waals surface area contributed by atoms with Gasteiger partial charge in [-0.25, -0.2) is 9.97 Å². The number of imidazole rings is 1. The second kappa shape index (κ2) is 7.18. The summed E-state index contributed by atoms with van der Waals surface area (Å²) in [5, 5.41) is 7.16. The first-order chi connectivity index (χ1) is 12.8. The van der Waals surface area contributed by atoms with Gasteiger partial charge in [0, 0.05) is 6.42 Å². The van der Waals surface area contributed by atoms with Crippen molar-refractivity contribution in [1.82, 2.24) is 30.0 Å². The van der Waals surface area contributed by atoms with Crippen molar-refractivity contribution in [2.45, 2.75) is 19.0 Å². The third-order valence-corrected chi connectivity index (χ3v) is 4.25. The molecule has 1 amide bonds. The lowest BCUT2D eigenvalue weighted by Gasteiger charge is -2.20. The molecule has 2 heterocycles. The van der Waals surface area contributed by atoms with E-state index in [2.05, 4.69) is 25.4 Å². The number of aromatic nitrogens is 5. The van der Waals surface area contributed by atoms with Gasteiger partial charge in [0.25, 0.3) is 0 Å². The van der Waals surface area contributed by atoms with Gasteiger partial charge in [-0.3, -0.25) is 9.48 Å². The van der Waals surface area contributed by atoms with Crippen LogP contribution in [0.5, 0.6) is 0 Å². The van der Waals surface area contributed by atoms with Crippen LogP contribution in [-0.2, 0) is 11.3 Å². The number of nitrogens with one attached hydrogen (secondary N) is 2. The van der Waals surface area contributed by atoms with Gasteiger partial charge in [-0.15, -0.1) is 0 Å². The van der Waals surface area contributed by atoms with Crippen LogP contribution in [0, 0.1) is 0 Å². The zero-order chi connectivity index (χ0) is 17.8. The molecule has 0 spiro atoms. The SMILES string of the molecule is O=C(CCn1cncn1)N[C@H](c1ccccc1)c1ccc2nc[nH]c2c1. The molecule has 2 N–H and O–H groups in total. The minimum absolute atomic E-state index is 0.0425. The fourth-order valence-corrected chi connectivity index (χ4v) is 2.93. The Labute approximate surface area is 150 Å². The molecule has 4 rings (SSSR count). The van der Waals surface area contributed by atoms with Crippen LogP contribution in [0.4, 0.5) is 0 Å². The second-order valence-corrected chi connectivity index (χ2v) is 6.00. The summed E-state index contributed by atoms with van der Waals surface area (Å²) in [5.74, 6) is -0.0425. The smallest absolute Gasteiger partial charge is 0.222 e. The number of H-pyrrole nitrogens is 1. The number of hydrogen-bond acceptors (Lipinski definition) is 4. The Morgan fingerprint density at radius 3 is 2.85 bits per heavy atom. The van der Waals surface area contributed by atoms with Crippen molar-refractivity contribution >= 4 is 16.9 Å². The number of hydrogen-bond donors (Lipinski definition) is 2. The first-order valence-electron chi connectivity index (χ1n) is 8.39. The molecule has 0 aliphatic heterocycles. The summed E-state index contributed by atoms with van der Waals surface area (Å²) >= 11 is 0. The van der Waals surface area contributed by atoms with Gasteiger partial charge >= 0.3 is 0 Å². The molecule has 2 aromatic heterocycles. The maximum Gasteiger partial charge on any atom is 0.222 e. The first-order valence-corrected chi connectivity index (χ1v) is 8.39. The van der Waals surface area contributed by atoms with Gasteiger partial charge in [-0.05, 0) is 23.3 Å². The minimum Gasteiger partial charge on any atom is -0.345 e. The highest BCUT2D eigenvalue weighted by Gasteiger charge is 2.17. The number of amides is 1. The Kier molecular flexibility index (Phi) is 4.42. The van der Waals surface area contributed by atoms with E-state index in [1.165, 1.54) is 6.33 Å². The van der Waals surface area contributed by atoms with Crippen molar-refractivity contribution < 1.29 is 4.79 Å². The standard InChI is InChI=1S/C19H18N6O/c26-18(8-9-25-13-20-11-23-25)24-19(14-4-2-1-3-5-14)15-6-7-16-17(10-15)22-12-21-16/h1-7,10-13,19H,8-9H2,(H,21,22)(H,24,26)/t19-/m1/s1. The van der Waals surface area contributed by atoms with E-state index in [4.69, 9.17) is 0 Å². The molecule has 26 heavy (non-hydrogen) atoms. The van der Waals surface area contributed by atoms with E-state index in [0.29, 0.717) is 13.0 Å². The molecule has 0 saturated heterocycles. The fraction of sp³-hybridized carbons (Fsp3) is 0.158. The first kappa shape index (κ1) is 16.0. The predicted octanol–water partition coefficient (Wildman–Crippen LogP) is 2.45. The van der Waals surface area contributed by atoms with E-state index in [9.17, 15) is 4.79 Å². The number of benzene rings is 2. The number of nitrogens with zero attached hydrogens (tertiary/aromatic N) is 4. The minimum atomic E-state index is -0.229. The van der Waals surface area contributed by atoms with Gasteiger partial charge in [0.2, 0.25) is 5.91 Å². The van der Waals surface area contributed by atoms with Gasteiger partial charge in [0.15, 0.2) is 0 Å². The maximum atomic E-state index is 12.5. The molecular formula is C19H18N6O. The van der Waals surface area contributed by atoms with Crippen molar-refractivity contribution in [3.63, 3.8) is 0 Å². The molecule has 1 atom stereocenters. The summed E-state index contributed by atoms with van der Waals surface area (Å²) in [5.41, 5.74) is 3.88. The summed E-state index contributed by atoms with van der Waals surface area (Å²) in [6.45, 7) is 0.493. The highest BCUT2D eigenvalue weighted by molar-refractivity contribution is 5.78. The summed E-state index contributed by atoms with van der Waals surface area (Å²) in [6.07, 6.45) is 5.07. The van der Waals surface area contributed by atoms with Crippen molar-refractivity contribution in [2.24, 2.45) is 0 Å². The summed E-state index contributed by atoms with van der Waals surface area (Å²) in [7, 11) is 0. The number of rotatable bonds is 6. The number of carbonyl (C=O) groups is 1. The molecule has 7 nitrogen and oxygen atoms in total. The van der Waals surface area contributed by atoms with Gasteiger partial charge in [-0.1, -0.05) is 36.4 Å². The lowest BCUT2D eigenvalue weighted by molar-refractivity contribution is -0.121. The lowest BCUT2D eigenvalue weighted by Crippen LogP contribution is -2.30. The van der Waals surface area contributed by atoms with Crippen molar-refractivity contribution in [2.75, 3.05) is 0 Å². The molecule has 0 aliphatic rings.